The van der Waals surface area contributed by atoms with Crippen LogP contribution in [0.3, 0.4) is 0 Å². The van der Waals surface area contributed by atoms with E-state index in [-0.39, 0.29) is 34.8 Å². The van der Waals surface area contributed by atoms with Crippen molar-refractivity contribution in [1.29, 1.82) is 0 Å². The number of carbonyl (C=O) groups excluding carboxylic acids is 1. The number of aryl methyl sites for hydroxylation is 1. The molecule has 28 heavy (non-hydrogen) atoms. The summed E-state index contributed by atoms with van der Waals surface area (Å²) < 4.78 is 8.33. The molecule has 0 atom stereocenters. The number of rotatable bonds is 5. The molecule has 0 aliphatic heterocycles. The summed E-state index contributed by atoms with van der Waals surface area (Å²) in [6, 6.07) is 4.01. The summed E-state index contributed by atoms with van der Waals surface area (Å²) in [5.41, 5.74) is -1.28. The van der Waals surface area contributed by atoms with Crippen molar-refractivity contribution < 1.29 is 14.5 Å². The maximum Gasteiger partial charge on any atom is 0.332 e. The summed E-state index contributed by atoms with van der Waals surface area (Å²) >= 11 is 0. The highest BCUT2D eigenvalue weighted by atomic mass is 16.6. The molecule has 12 nitrogen and oxygen atoms in total. The van der Waals surface area contributed by atoms with Crippen LogP contribution in [0.1, 0.15) is 0 Å². The standard InChI is InChI=1S/C16H16N6O6/c1-19-14-13(15(24)20(2)16(19)25)21(8-17-14)7-12(23)18-10-5-4-9(28-3)6-11(10)22(26)27/h4-6,8H,7H2,1-3H3,(H,18,23). The molecule has 0 saturated carbocycles. The van der Waals surface area contributed by atoms with E-state index < -0.39 is 22.1 Å². The van der Waals surface area contributed by atoms with E-state index in [9.17, 15) is 24.5 Å². The summed E-state index contributed by atoms with van der Waals surface area (Å²) in [7, 11) is 4.15. The smallest absolute Gasteiger partial charge is 0.332 e. The van der Waals surface area contributed by atoms with Gasteiger partial charge in [0.05, 0.1) is 24.4 Å². The van der Waals surface area contributed by atoms with E-state index in [1.807, 2.05) is 0 Å². The van der Waals surface area contributed by atoms with Crippen LogP contribution in [0.5, 0.6) is 5.75 Å². The fourth-order valence-electron chi connectivity index (χ4n) is 2.76. The van der Waals surface area contributed by atoms with Crippen LogP contribution in [-0.4, -0.2) is 36.6 Å². The van der Waals surface area contributed by atoms with Gasteiger partial charge < -0.3 is 14.6 Å². The quantitative estimate of drug-likeness (QED) is 0.478. The molecule has 0 saturated heterocycles. The van der Waals surface area contributed by atoms with Crippen molar-refractivity contribution in [1.82, 2.24) is 18.7 Å². The third-order valence-electron chi connectivity index (χ3n) is 4.21. The molecule has 1 N–H and O–H groups in total. The SMILES string of the molecule is COc1ccc(NC(=O)Cn2cnc3c2c(=O)n(C)c(=O)n3C)c([N+](=O)[O-])c1. The van der Waals surface area contributed by atoms with Crippen molar-refractivity contribution in [3.8, 4) is 5.75 Å². The predicted molar refractivity (Wildman–Crippen MR) is 98.5 cm³/mol. The average Bonchev–Trinajstić information content (AvgIpc) is 3.08. The molecular weight excluding hydrogens is 372 g/mol. The molecule has 3 aromatic rings. The highest BCUT2D eigenvalue weighted by molar-refractivity contribution is 5.93. The van der Waals surface area contributed by atoms with Gasteiger partial charge in [0.15, 0.2) is 11.2 Å². The minimum absolute atomic E-state index is 0.0134. The Labute approximate surface area is 156 Å². The van der Waals surface area contributed by atoms with Crippen LogP contribution in [-0.2, 0) is 25.4 Å². The van der Waals surface area contributed by atoms with Crippen LogP contribution in [0.15, 0.2) is 34.1 Å². The number of aromatic nitrogens is 4. The number of anilines is 1. The number of hydrogen-bond acceptors (Lipinski definition) is 7. The normalized spacial score (nSPS) is 10.8. The number of nitrogens with one attached hydrogen (secondary N) is 1. The van der Waals surface area contributed by atoms with Gasteiger partial charge in [0, 0.05) is 14.1 Å². The molecular formula is C16H16N6O6. The molecule has 2 heterocycles. The molecule has 0 fully saturated rings. The monoisotopic (exact) mass is 388 g/mol. The van der Waals surface area contributed by atoms with Gasteiger partial charge in [0.2, 0.25) is 5.91 Å². The van der Waals surface area contributed by atoms with E-state index in [0.29, 0.717) is 0 Å². The molecule has 146 valence electrons. The number of methoxy groups -OCH3 is 1. The van der Waals surface area contributed by atoms with Crippen molar-refractivity contribution in [3.63, 3.8) is 0 Å². The first kappa shape index (κ1) is 18.8. The van der Waals surface area contributed by atoms with E-state index >= 15 is 0 Å². The zero-order valence-electron chi connectivity index (χ0n) is 15.2. The average molecular weight is 388 g/mol. The van der Waals surface area contributed by atoms with E-state index in [1.165, 1.54) is 54.9 Å². The van der Waals surface area contributed by atoms with E-state index in [2.05, 4.69) is 10.3 Å². The Morgan fingerprint density at radius 2 is 2.00 bits per heavy atom. The van der Waals surface area contributed by atoms with Crippen molar-refractivity contribution in [3.05, 3.63) is 55.5 Å². The number of imidazole rings is 1. The number of nitrogens with zero attached hydrogens (tertiary/aromatic N) is 5. The minimum atomic E-state index is -0.643. The molecule has 1 aromatic carbocycles. The predicted octanol–water partition coefficient (Wildman–Crippen LogP) is -0.0108. The van der Waals surface area contributed by atoms with Gasteiger partial charge in [-0.1, -0.05) is 0 Å². The third kappa shape index (κ3) is 3.11. The van der Waals surface area contributed by atoms with Gasteiger partial charge in [-0.05, 0) is 12.1 Å². The van der Waals surface area contributed by atoms with Gasteiger partial charge in [0.25, 0.3) is 11.2 Å². The fraction of sp³-hybridized carbons (Fsp3) is 0.250. The minimum Gasteiger partial charge on any atom is -0.496 e. The fourth-order valence-corrected chi connectivity index (χ4v) is 2.76. The lowest BCUT2D eigenvalue weighted by Crippen LogP contribution is -2.37. The van der Waals surface area contributed by atoms with E-state index in [4.69, 9.17) is 4.74 Å². The topological polar surface area (TPSA) is 143 Å². The highest BCUT2D eigenvalue weighted by Gasteiger charge is 2.19. The van der Waals surface area contributed by atoms with Gasteiger partial charge >= 0.3 is 5.69 Å². The number of hydrogen-bond donors (Lipinski definition) is 1. The van der Waals surface area contributed by atoms with E-state index in [0.717, 1.165) is 4.57 Å². The zero-order valence-corrected chi connectivity index (χ0v) is 15.2. The van der Waals surface area contributed by atoms with Crippen LogP contribution >= 0.6 is 0 Å². The number of benzene rings is 1. The Morgan fingerprint density at radius 1 is 1.29 bits per heavy atom. The first-order valence-electron chi connectivity index (χ1n) is 7.97. The van der Waals surface area contributed by atoms with Crippen LogP contribution in [0.4, 0.5) is 11.4 Å². The molecule has 0 aliphatic carbocycles. The maximum absolute atomic E-state index is 12.4. The Hall–Kier alpha value is -3.96. The van der Waals surface area contributed by atoms with Gasteiger partial charge in [-0.2, -0.15) is 0 Å². The summed E-state index contributed by atoms with van der Waals surface area (Å²) in [5, 5.41) is 13.7. The van der Waals surface area contributed by atoms with Crippen LogP contribution in [0, 0.1) is 10.1 Å². The summed E-state index contributed by atoms with van der Waals surface area (Å²) in [6.45, 7) is -0.326. The number of amides is 1. The number of fused-ring (bicyclic) bond motifs is 1. The zero-order chi connectivity index (χ0) is 20.6. The second kappa shape index (κ2) is 6.98. The Balaban J connectivity index is 1.94. The van der Waals surface area contributed by atoms with Crippen molar-refractivity contribution in [2.75, 3.05) is 12.4 Å². The highest BCUT2D eigenvalue weighted by Crippen LogP contribution is 2.28. The van der Waals surface area contributed by atoms with Gasteiger partial charge in [-0.3, -0.25) is 28.8 Å². The molecule has 3 rings (SSSR count). The summed E-state index contributed by atoms with van der Waals surface area (Å²) in [6.07, 6.45) is 1.26. The number of nitro benzene ring substituents is 1. The van der Waals surface area contributed by atoms with Crippen LogP contribution in [0.2, 0.25) is 0 Å². The van der Waals surface area contributed by atoms with E-state index in [1.54, 1.807) is 0 Å². The largest absolute Gasteiger partial charge is 0.496 e. The second-order valence-electron chi connectivity index (χ2n) is 5.94. The summed E-state index contributed by atoms with van der Waals surface area (Å²) in [5.74, 6) is -0.335. The summed E-state index contributed by atoms with van der Waals surface area (Å²) in [4.78, 5) is 51.4. The Morgan fingerprint density at radius 3 is 2.64 bits per heavy atom. The van der Waals surface area contributed by atoms with Crippen LogP contribution in [0.25, 0.3) is 11.2 Å². The first-order chi connectivity index (χ1) is 13.2. The Bertz CT molecular complexity index is 1220. The molecule has 0 aliphatic rings. The molecule has 0 unspecified atom stereocenters. The lowest BCUT2D eigenvalue weighted by atomic mass is 10.2. The lowest BCUT2D eigenvalue weighted by molar-refractivity contribution is -0.384. The van der Waals surface area contributed by atoms with Crippen LogP contribution < -0.4 is 21.3 Å². The van der Waals surface area contributed by atoms with Crippen molar-refractivity contribution >= 4 is 28.4 Å². The molecule has 12 heteroatoms. The molecule has 0 bridgehead atoms. The van der Waals surface area contributed by atoms with Gasteiger partial charge in [-0.15, -0.1) is 0 Å². The lowest BCUT2D eigenvalue weighted by Gasteiger charge is -2.09. The van der Waals surface area contributed by atoms with Crippen molar-refractivity contribution in [2.24, 2.45) is 14.1 Å². The molecule has 1 amide bonds. The molecule has 2 aromatic heterocycles. The maximum atomic E-state index is 12.4. The van der Waals surface area contributed by atoms with Gasteiger partial charge in [-0.25, -0.2) is 9.78 Å². The first-order valence-corrected chi connectivity index (χ1v) is 7.97. The molecule has 0 radical (unpaired) electrons. The molecule has 0 spiro atoms. The van der Waals surface area contributed by atoms with Gasteiger partial charge in [0.1, 0.15) is 18.0 Å². The number of ether oxygens (including phenoxy) is 1. The number of carbonyl (C=O) groups is 1. The number of nitro groups is 1. The third-order valence-corrected chi connectivity index (χ3v) is 4.21. The Kier molecular flexibility index (Phi) is 4.69. The second-order valence-corrected chi connectivity index (χ2v) is 5.94. The van der Waals surface area contributed by atoms with Crippen molar-refractivity contribution in [2.45, 2.75) is 6.54 Å².